The molecule has 0 radical (unpaired) electrons. The Morgan fingerprint density at radius 1 is 1.15 bits per heavy atom. The van der Waals surface area contributed by atoms with Gasteiger partial charge in [0.2, 0.25) is 0 Å². The molecule has 0 aliphatic heterocycles. The predicted molar refractivity (Wildman–Crippen MR) is 100 cm³/mol. The lowest BCUT2D eigenvalue weighted by Gasteiger charge is -2.09. The summed E-state index contributed by atoms with van der Waals surface area (Å²) in [5, 5.41) is 4.10. The van der Waals surface area contributed by atoms with Crippen molar-refractivity contribution in [3.8, 4) is 0 Å². The second-order valence-electron chi connectivity index (χ2n) is 6.62. The van der Waals surface area contributed by atoms with Gasteiger partial charge in [-0.05, 0) is 37.8 Å². The lowest BCUT2D eigenvalue weighted by atomic mass is 9.97. The van der Waals surface area contributed by atoms with Crippen molar-refractivity contribution in [3.63, 3.8) is 0 Å². The fourth-order valence-corrected chi connectivity index (χ4v) is 2.76. The van der Waals surface area contributed by atoms with Crippen LogP contribution in [0.4, 0.5) is 0 Å². The molecule has 0 fully saturated rings. The second kappa shape index (κ2) is 7.65. The van der Waals surface area contributed by atoms with Crippen molar-refractivity contribution in [1.29, 1.82) is 0 Å². The zero-order valence-corrected chi connectivity index (χ0v) is 15.9. The molecule has 27 heavy (non-hydrogen) atoms. The van der Waals surface area contributed by atoms with Gasteiger partial charge >= 0.3 is 5.97 Å². The summed E-state index contributed by atoms with van der Waals surface area (Å²) in [5.41, 5.74) is 3.27. The molecule has 7 nitrogen and oxygen atoms in total. The Balaban J connectivity index is 1.66. The van der Waals surface area contributed by atoms with Crippen molar-refractivity contribution >= 4 is 17.5 Å². The molecule has 3 rings (SSSR count). The monoisotopic (exact) mass is 366 g/mol. The fourth-order valence-electron chi connectivity index (χ4n) is 2.76. The van der Waals surface area contributed by atoms with E-state index >= 15 is 0 Å². The van der Waals surface area contributed by atoms with Gasteiger partial charge in [0.1, 0.15) is 0 Å². The van der Waals surface area contributed by atoms with Crippen molar-refractivity contribution < 1.29 is 14.3 Å². The Morgan fingerprint density at radius 3 is 2.52 bits per heavy atom. The highest BCUT2D eigenvalue weighted by atomic mass is 16.5. The lowest BCUT2D eigenvalue weighted by Crippen LogP contribution is -2.15. The molecule has 0 aliphatic rings. The quantitative estimate of drug-likeness (QED) is 0.491. The topological polar surface area (TPSA) is 86.5 Å². The van der Waals surface area contributed by atoms with E-state index in [9.17, 15) is 9.59 Å². The molecule has 0 spiro atoms. The summed E-state index contributed by atoms with van der Waals surface area (Å²) in [6.45, 7) is 7.58. The summed E-state index contributed by atoms with van der Waals surface area (Å²) >= 11 is 0. The van der Waals surface area contributed by atoms with Gasteiger partial charge in [-0.25, -0.2) is 14.3 Å². The molecule has 0 saturated heterocycles. The number of hydrogen-bond acceptors (Lipinski definition) is 6. The van der Waals surface area contributed by atoms with Crippen molar-refractivity contribution in [3.05, 3.63) is 58.7 Å². The Morgan fingerprint density at radius 2 is 1.85 bits per heavy atom. The Bertz CT molecular complexity index is 992. The van der Waals surface area contributed by atoms with Crippen LogP contribution in [0.25, 0.3) is 5.78 Å². The smallest absolute Gasteiger partial charge is 0.378 e. The number of carbonyl (C=O) groups excluding carboxylic acids is 2. The summed E-state index contributed by atoms with van der Waals surface area (Å²) in [4.78, 5) is 32.8. The van der Waals surface area contributed by atoms with E-state index < -0.39 is 5.97 Å². The average molecular weight is 366 g/mol. The molecule has 0 aliphatic carbocycles. The van der Waals surface area contributed by atoms with Gasteiger partial charge in [0.05, 0.1) is 0 Å². The minimum absolute atomic E-state index is 0.115. The largest absolute Gasteiger partial charge is 0.451 e. The Hall–Kier alpha value is -3.09. The molecule has 3 aromatic rings. The molecule has 2 heterocycles. The van der Waals surface area contributed by atoms with E-state index in [1.165, 1.54) is 10.1 Å². The standard InChI is InChI=1S/C20H22N4O3/c1-5-12(2)15-6-8-16(9-7-15)17(25)11-27-19(26)18-22-20-21-13(3)10-14(4)24(20)23-18/h6-10,12H,5,11H2,1-4H3/t12-/m1/s1. The van der Waals surface area contributed by atoms with Gasteiger partial charge < -0.3 is 4.74 Å². The molecule has 7 heteroatoms. The summed E-state index contributed by atoms with van der Waals surface area (Å²) in [6, 6.07) is 9.23. The number of carbonyl (C=O) groups is 2. The number of benzene rings is 1. The number of ether oxygens (including phenoxy) is 1. The normalized spacial score (nSPS) is 12.1. The van der Waals surface area contributed by atoms with Crippen LogP contribution in [-0.2, 0) is 4.74 Å². The minimum atomic E-state index is -0.748. The molecule has 1 atom stereocenters. The first-order chi connectivity index (χ1) is 12.9. The summed E-state index contributed by atoms with van der Waals surface area (Å²) in [5.74, 6) is -0.369. The Kier molecular flexibility index (Phi) is 5.30. The van der Waals surface area contributed by atoms with Gasteiger partial charge in [-0.15, -0.1) is 5.10 Å². The minimum Gasteiger partial charge on any atom is -0.451 e. The van der Waals surface area contributed by atoms with Crippen LogP contribution < -0.4 is 0 Å². The van der Waals surface area contributed by atoms with Gasteiger partial charge in [0.25, 0.3) is 11.6 Å². The van der Waals surface area contributed by atoms with Gasteiger partial charge in [-0.1, -0.05) is 38.1 Å². The van der Waals surface area contributed by atoms with E-state index in [0.29, 0.717) is 17.3 Å². The highest BCUT2D eigenvalue weighted by Gasteiger charge is 2.18. The number of ketones is 1. The van der Waals surface area contributed by atoms with Crippen LogP contribution in [0.2, 0.25) is 0 Å². The van der Waals surface area contributed by atoms with E-state index in [4.69, 9.17) is 4.74 Å². The number of fused-ring (bicyclic) bond motifs is 1. The molecular formula is C20H22N4O3. The number of Topliss-reactive ketones (excluding diaryl/α,β-unsaturated/α-hetero) is 1. The maximum absolute atomic E-state index is 12.3. The molecular weight excluding hydrogens is 344 g/mol. The molecule has 0 bridgehead atoms. The molecule has 0 amide bonds. The van der Waals surface area contributed by atoms with Crippen LogP contribution in [0.15, 0.2) is 30.3 Å². The van der Waals surface area contributed by atoms with Gasteiger partial charge in [-0.3, -0.25) is 4.79 Å². The number of nitrogens with zero attached hydrogens (tertiary/aromatic N) is 4. The van der Waals surface area contributed by atoms with Crippen LogP contribution in [0.3, 0.4) is 0 Å². The van der Waals surface area contributed by atoms with Crippen molar-refractivity contribution in [2.75, 3.05) is 6.61 Å². The number of esters is 1. The van der Waals surface area contributed by atoms with Gasteiger partial charge in [0.15, 0.2) is 12.4 Å². The first-order valence-corrected chi connectivity index (χ1v) is 8.90. The highest BCUT2D eigenvalue weighted by molar-refractivity contribution is 5.98. The predicted octanol–water partition coefficient (Wildman–Crippen LogP) is 3.29. The zero-order valence-electron chi connectivity index (χ0n) is 15.9. The van der Waals surface area contributed by atoms with Crippen molar-refractivity contribution in [2.45, 2.75) is 40.0 Å². The van der Waals surface area contributed by atoms with E-state index in [-0.39, 0.29) is 18.2 Å². The van der Waals surface area contributed by atoms with E-state index in [1.807, 2.05) is 32.0 Å². The number of aryl methyl sites for hydroxylation is 2. The molecule has 1 aromatic carbocycles. The van der Waals surface area contributed by atoms with Crippen LogP contribution in [0.1, 0.15) is 64.1 Å². The van der Waals surface area contributed by atoms with Crippen molar-refractivity contribution in [1.82, 2.24) is 19.6 Å². The summed E-state index contributed by atoms with van der Waals surface area (Å²) in [6.07, 6.45) is 1.03. The number of aromatic nitrogens is 4. The van der Waals surface area contributed by atoms with Crippen LogP contribution in [0, 0.1) is 13.8 Å². The first kappa shape index (κ1) is 18.7. The number of rotatable bonds is 6. The summed E-state index contributed by atoms with van der Waals surface area (Å²) in [7, 11) is 0. The van der Waals surface area contributed by atoms with Crippen molar-refractivity contribution in [2.24, 2.45) is 0 Å². The Labute approximate surface area is 157 Å². The van der Waals surface area contributed by atoms with Gasteiger partial charge in [-0.2, -0.15) is 4.98 Å². The maximum Gasteiger partial charge on any atom is 0.378 e. The molecule has 0 N–H and O–H groups in total. The third-order valence-electron chi connectivity index (χ3n) is 4.55. The summed E-state index contributed by atoms with van der Waals surface area (Å²) < 4.78 is 6.56. The number of hydrogen-bond donors (Lipinski definition) is 0. The van der Waals surface area contributed by atoms with E-state index in [2.05, 4.69) is 28.9 Å². The zero-order chi connectivity index (χ0) is 19.6. The van der Waals surface area contributed by atoms with E-state index in [1.54, 1.807) is 12.1 Å². The third-order valence-corrected chi connectivity index (χ3v) is 4.55. The highest BCUT2D eigenvalue weighted by Crippen LogP contribution is 2.19. The second-order valence-corrected chi connectivity index (χ2v) is 6.62. The SMILES string of the molecule is CC[C@@H](C)c1ccc(C(=O)COC(=O)c2nc3nc(C)cc(C)n3n2)cc1. The lowest BCUT2D eigenvalue weighted by molar-refractivity contribution is 0.0463. The van der Waals surface area contributed by atoms with Crippen LogP contribution >= 0.6 is 0 Å². The van der Waals surface area contributed by atoms with Crippen LogP contribution in [-0.4, -0.2) is 37.9 Å². The molecule has 0 unspecified atom stereocenters. The fraction of sp³-hybridized carbons (Fsp3) is 0.350. The maximum atomic E-state index is 12.3. The third kappa shape index (κ3) is 4.02. The van der Waals surface area contributed by atoms with Crippen LogP contribution in [0.5, 0.6) is 0 Å². The average Bonchev–Trinajstić information content (AvgIpc) is 3.09. The molecule has 0 saturated carbocycles. The molecule has 2 aromatic heterocycles. The van der Waals surface area contributed by atoms with Gasteiger partial charge in [0, 0.05) is 17.0 Å². The first-order valence-electron chi connectivity index (χ1n) is 8.90. The van der Waals surface area contributed by atoms with E-state index in [0.717, 1.165) is 17.8 Å². The molecule has 140 valence electrons.